The Morgan fingerprint density at radius 3 is 2.35 bits per heavy atom. The number of nitrogens with zero attached hydrogens (tertiary/aromatic N) is 4. The van der Waals surface area contributed by atoms with Crippen molar-refractivity contribution in [1.82, 2.24) is 35.6 Å². The lowest BCUT2D eigenvalue weighted by molar-refractivity contribution is -0.139. The number of amides is 5. The Bertz CT molecular complexity index is 1860. The van der Waals surface area contributed by atoms with Gasteiger partial charge in [-0.25, -0.2) is 4.98 Å². The number of ether oxygens (including phenoxy) is 1. The molecule has 2 aromatic carbocycles. The average molecular weight is 798 g/mol. The Balaban J connectivity index is 1.02. The summed E-state index contributed by atoms with van der Waals surface area (Å²) in [7, 11) is 0. The van der Waals surface area contributed by atoms with Crippen molar-refractivity contribution in [2.75, 3.05) is 45.9 Å². The van der Waals surface area contributed by atoms with Crippen molar-refractivity contribution >= 4 is 40.9 Å². The molecule has 304 valence electrons. The van der Waals surface area contributed by atoms with E-state index in [9.17, 15) is 24.0 Å². The van der Waals surface area contributed by atoms with Crippen LogP contribution in [0.15, 0.2) is 60.7 Å². The zero-order valence-electron chi connectivity index (χ0n) is 32.8. The van der Waals surface area contributed by atoms with Crippen LogP contribution >= 0.6 is 11.3 Å². The van der Waals surface area contributed by atoms with Crippen LogP contribution in [0.3, 0.4) is 0 Å². The molecule has 0 unspecified atom stereocenters. The molecule has 6 aliphatic heterocycles. The number of aryl methyl sites for hydroxylation is 1. The third-order valence-electron chi connectivity index (χ3n) is 11.9. The third kappa shape index (κ3) is 10.6. The van der Waals surface area contributed by atoms with Gasteiger partial charge >= 0.3 is 0 Å². The molecule has 6 bridgehead atoms. The SMILES string of the molecule is Cc1sc2nc1CC(=O)N[C@@H](CCCCNC(=O)c1ccccc1)CC(=O)N1CCC(CC1)N1C[C@@H](NC(=O)COc3ccccc3)C[C@H]1C(=O)N1CCC2CC1. The predicted molar refractivity (Wildman–Crippen MR) is 217 cm³/mol. The van der Waals surface area contributed by atoms with Crippen LogP contribution in [0.4, 0.5) is 0 Å². The van der Waals surface area contributed by atoms with Crippen LogP contribution in [-0.4, -0.2) is 119 Å². The van der Waals surface area contributed by atoms with Crippen LogP contribution in [0.25, 0.3) is 0 Å². The lowest BCUT2D eigenvalue weighted by Gasteiger charge is -2.41. The van der Waals surface area contributed by atoms with Gasteiger partial charge in [0, 0.05) is 80.2 Å². The smallest absolute Gasteiger partial charge is 0.258 e. The highest BCUT2D eigenvalue weighted by Gasteiger charge is 2.44. The van der Waals surface area contributed by atoms with E-state index in [-0.39, 0.29) is 79.1 Å². The minimum absolute atomic E-state index is 0.00122. The van der Waals surface area contributed by atoms with Crippen molar-refractivity contribution in [3.63, 3.8) is 0 Å². The number of fused-ring (bicyclic) bond motifs is 2. The molecule has 0 spiro atoms. The quantitative estimate of drug-likeness (QED) is 0.262. The molecule has 3 fully saturated rings. The summed E-state index contributed by atoms with van der Waals surface area (Å²) in [6.07, 6.45) is 5.98. The molecule has 1 aromatic heterocycles. The van der Waals surface area contributed by atoms with Crippen LogP contribution in [0, 0.1) is 6.92 Å². The summed E-state index contributed by atoms with van der Waals surface area (Å²) in [5.41, 5.74) is 1.38. The van der Waals surface area contributed by atoms with E-state index in [4.69, 9.17) is 9.72 Å². The molecule has 6 aliphatic rings. The Morgan fingerprint density at radius 1 is 0.912 bits per heavy atom. The number of piperidine rings is 2. The van der Waals surface area contributed by atoms with Gasteiger partial charge in [0.15, 0.2) is 6.61 Å². The number of hydrogen-bond acceptors (Lipinski definition) is 9. The van der Waals surface area contributed by atoms with Crippen molar-refractivity contribution in [2.24, 2.45) is 0 Å². The van der Waals surface area contributed by atoms with E-state index in [1.54, 1.807) is 23.5 Å². The minimum atomic E-state index is -0.356. The lowest BCUT2D eigenvalue weighted by atomic mass is 9.96. The fourth-order valence-electron chi connectivity index (χ4n) is 8.75. The van der Waals surface area contributed by atoms with Gasteiger partial charge in [-0.3, -0.25) is 28.9 Å². The number of para-hydroxylation sites is 1. The zero-order valence-corrected chi connectivity index (χ0v) is 33.6. The Kier molecular flexibility index (Phi) is 13.5. The summed E-state index contributed by atoms with van der Waals surface area (Å²) in [5, 5.41) is 10.3. The number of benzene rings is 2. The van der Waals surface area contributed by atoms with E-state index >= 15 is 0 Å². The number of unbranched alkanes of at least 4 members (excludes halogenated alkanes) is 1. The second-order valence-electron chi connectivity index (χ2n) is 15.8. The molecule has 0 radical (unpaired) electrons. The van der Waals surface area contributed by atoms with E-state index in [2.05, 4.69) is 20.9 Å². The molecule has 0 saturated carbocycles. The van der Waals surface area contributed by atoms with Crippen LogP contribution < -0.4 is 20.7 Å². The molecule has 3 N–H and O–H groups in total. The van der Waals surface area contributed by atoms with Gasteiger partial charge in [-0.1, -0.05) is 36.4 Å². The Hall–Kier alpha value is -4.82. The molecule has 5 amide bonds. The predicted octanol–water partition coefficient (Wildman–Crippen LogP) is 3.82. The molecule has 14 heteroatoms. The summed E-state index contributed by atoms with van der Waals surface area (Å²) in [4.78, 5) is 79.3. The highest BCUT2D eigenvalue weighted by Crippen LogP contribution is 2.35. The van der Waals surface area contributed by atoms with Crippen LogP contribution in [-0.2, 0) is 25.6 Å². The summed E-state index contributed by atoms with van der Waals surface area (Å²) >= 11 is 1.63. The monoisotopic (exact) mass is 797 g/mol. The molecule has 3 atom stereocenters. The minimum Gasteiger partial charge on any atom is -0.484 e. The first kappa shape index (κ1) is 40.4. The fourth-order valence-corrected chi connectivity index (χ4v) is 9.85. The topological polar surface area (TPSA) is 153 Å². The summed E-state index contributed by atoms with van der Waals surface area (Å²) in [5.74, 6) is 0.467. The molecule has 13 nitrogen and oxygen atoms in total. The van der Waals surface area contributed by atoms with Gasteiger partial charge in [0.25, 0.3) is 11.8 Å². The van der Waals surface area contributed by atoms with E-state index < -0.39 is 0 Å². The number of nitrogens with one attached hydrogen (secondary N) is 3. The summed E-state index contributed by atoms with van der Waals surface area (Å²) < 4.78 is 5.70. The van der Waals surface area contributed by atoms with Gasteiger partial charge < -0.3 is 30.5 Å². The first-order valence-corrected chi connectivity index (χ1v) is 21.4. The normalized spacial score (nSPS) is 24.5. The number of carbonyl (C=O) groups is 5. The van der Waals surface area contributed by atoms with Crippen LogP contribution in [0.1, 0.15) is 89.6 Å². The Labute approximate surface area is 338 Å². The second kappa shape index (κ2) is 19.1. The maximum absolute atomic E-state index is 14.3. The van der Waals surface area contributed by atoms with Gasteiger partial charge in [0.1, 0.15) is 5.75 Å². The van der Waals surface area contributed by atoms with Gasteiger partial charge in [0.05, 0.1) is 23.2 Å². The number of aromatic nitrogens is 1. The molecule has 0 aliphatic carbocycles. The molecule has 3 saturated heterocycles. The van der Waals surface area contributed by atoms with Crippen molar-refractivity contribution in [3.8, 4) is 5.75 Å². The van der Waals surface area contributed by atoms with Crippen molar-refractivity contribution in [3.05, 3.63) is 81.8 Å². The van der Waals surface area contributed by atoms with Gasteiger partial charge in [0.2, 0.25) is 17.7 Å². The molecular formula is C43H55N7O6S. The molecule has 9 rings (SSSR count). The molecule has 3 aromatic rings. The molecule has 57 heavy (non-hydrogen) atoms. The number of rotatable bonds is 10. The standard InChI is InChI=1S/C43H55N7O6S/c1-29-36-26-38(51)45-32(12-8-9-19-44-41(54)30-10-4-2-5-11-30)25-40(53)48-22-17-34(18-23-48)50-27-33(46-39(52)28-56-35-13-6-3-7-14-35)24-37(50)43(55)49-20-15-31(16-21-49)42(47-36)57-29/h2-7,10-11,13-14,31-34,37H,8-9,12,15-28H2,1H3,(H,44,54)(H,45,51)(H,46,52)/t32-,33-,37-/m0/s1. The molecular weight excluding hydrogens is 743 g/mol. The van der Waals surface area contributed by atoms with E-state index in [1.165, 1.54) is 0 Å². The summed E-state index contributed by atoms with van der Waals surface area (Å²) in [6.45, 7) is 5.35. The maximum atomic E-state index is 14.3. The van der Waals surface area contributed by atoms with Crippen LogP contribution in [0.2, 0.25) is 0 Å². The van der Waals surface area contributed by atoms with E-state index in [1.807, 2.05) is 65.3 Å². The average Bonchev–Trinajstić information content (AvgIpc) is 3.82. The lowest BCUT2D eigenvalue weighted by Crippen LogP contribution is -2.54. The van der Waals surface area contributed by atoms with Gasteiger partial charge in [-0.15, -0.1) is 11.3 Å². The van der Waals surface area contributed by atoms with Gasteiger partial charge in [-0.2, -0.15) is 0 Å². The first-order valence-electron chi connectivity index (χ1n) is 20.6. The van der Waals surface area contributed by atoms with E-state index in [0.717, 1.165) is 54.1 Å². The largest absolute Gasteiger partial charge is 0.484 e. The summed E-state index contributed by atoms with van der Waals surface area (Å²) in [6, 6.07) is 17.5. The Morgan fingerprint density at radius 2 is 1.61 bits per heavy atom. The highest BCUT2D eigenvalue weighted by atomic mass is 32.1. The van der Waals surface area contributed by atoms with Gasteiger partial charge in [-0.05, 0) is 82.6 Å². The van der Waals surface area contributed by atoms with Crippen molar-refractivity contribution in [1.29, 1.82) is 0 Å². The second-order valence-corrected chi connectivity index (χ2v) is 17.1. The molecule has 7 heterocycles. The van der Waals surface area contributed by atoms with Crippen molar-refractivity contribution in [2.45, 2.75) is 101 Å². The van der Waals surface area contributed by atoms with Crippen LogP contribution in [0.5, 0.6) is 5.75 Å². The van der Waals surface area contributed by atoms with Crippen molar-refractivity contribution < 1.29 is 28.7 Å². The van der Waals surface area contributed by atoms with E-state index in [0.29, 0.717) is 63.4 Å². The number of thiazole rings is 1. The first-order chi connectivity index (χ1) is 27.7. The fraction of sp³-hybridized carbons (Fsp3) is 0.535. The third-order valence-corrected chi connectivity index (χ3v) is 13.0. The highest BCUT2D eigenvalue weighted by molar-refractivity contribution is 7.11. The maximum Gasteiger partial charge on any atom is 0.258 e. The number of hydrogen-bond donors (Lipinski definition) is 3. The zero-order chi connectivity index (χ0) is 39.7. The number of carbonyl (C=O) groups excluding carboxylic acids is 5.